The van der Waals surface area contributed by atoms with Gasteiger partial charge in [0.15, 0.2) is 46.5 Å². The number of nitrogens with one attached hydrogen (secondary N) is 4. The molecule has 0 amide bonds. The van der Waals surface area contributed by atoms with E-state index in [-0.39, 0.29) is 107 Å². The van der Waals surface area contributed by atoms with E-state index in [1.165, 1.54) is 103 Å². The second-order valence-corrected chi connectivity index (χ2v) is 34.7. The molecule has 1 saturated carbocycles. The number of benzene rings is 7. The molecule has 7 aromatic carbocycles. The van der Waals surface area contributed by atoms with Gasteiger partial charge in [-0.25, -0.2) is 53.4 Å². The zero-order valence-corrected chi connectivity index (χ0v) is 75.2. The number of nitrogens with zero attached hydrogens (tertiary/aromatic N) is 13. The second-order valence-electron chi connectivity index (χ2n) is 34.7. The molecule has 2 aliphatic carbocycles. The monoisotopic (exact) mass is 1930 g/mol. The van der Waals surface area contributed by atoms with Crippen LogP contribution in [0.25, 0.3) is 5.57 Å². The minimum atomic E-state index is -4.41. The Morgan fingerprint density at radius 1 is 0.439 bits per heavy atom. The lowest BCUT2D eigenvalue weighted by atomic mass is 9.93. The number of aliphatic carboxylic acids is 1. The van der Waals surface area contributed by atoms with Crippen molar-refractivity contribution >= 4 is 64.1 Å². The third-order valence-corrected chi connectivity index (χ3v) is 25.4. The first-order valence-corrected chi connectivity index (χ1v) is 45.2. The van der Waals surface area contributed by atoms with Crippen molar-refractivity contribution < 1.29 is 90.4 Å². The van der Waals surface area contributed by atoms with Crippen molar-refractivity contribution in [3.05, 3.63) is 345 Å². The number of aromatic nitrogens is 9. The first-order valence-electron chi connectivity index (χ1n) is 45.2. The molecule has 5 aromatic heterocycles. The highest BCUT2D eigenvalue weighted by Gasteiger charge is 2.40. The third-order valence-electron chi connectivity index (χ3n) is 25.4. The summed E-state index contributed by atoms with van der Waals surface area (Å²) in [4.78, 5) is 65.9. The van der Waals surface area contributed by atoms with Crippen LogP contribution < -0.4 is 40.9 Å². The third kappa shape index (κ3) is 24.7. The van der Waals surface area contributed by atoms with Gasteiger partial charge in [-0.1, -0.05) is 134 Å². The fourth-order valence-corrected chi connectivity index (χ4v) is 18.2. The lowest BCUT2D eigenvalue weighted by Crippen LogP contribution is -2.40. The molecule has 22 nitrogen and oxygen atoms in total. The van der Waals surface area contributed by atoms with Crippen LogP contribution in [0.2, 0.25) is 0 Å². The van der Waals surface area contributed by atoms with Crippen LogP contribution in [0.4, 0.5) is 112 Å². The molecule has 9 heterocycles. The number of hydrogen-bond donors (Lipinski definition) is 6. The number of rotatable bonds is 26. The molecule has 5 fully saturated rings. The summed E-state index contributed by atoms with van der Waals surface area (Å²) in [5, 5.41) is 30.1. The Bertz CT molecular complexity index is 6270. The van der Waals surface area contributed by atoms with Crippen molar-refractivity contribution in [1.82, 2.24) is 44.9 Å². The SMILES string of the molecule is C=C(c1ccncc1)C1CCC(Nc2ncnc(N3CCCC3c3ccc(C(F)(F)F)cc3)c2F)C1.C=C1Cc2ccc(CNc3ncnc(N4CCCC4c4ccc(C(F)(F)F)cc4)c3F)cc2C1.CC(F)(F)c1ccc(C2COCCN2c2ncnc(NCc3ccc(CC(=O)O)cc3)c2F)cc1.O=C(O)c1ccc(CCNc2ncnc(N3CCCC3c3ccc(C(F)(F)F)cc3)c2F)cc1. The Labute approximate surface area is 791 Å². The lowest BCUT2D eigenvalue weighted by Gasteiger charge is -2.37. The number of ether oxygens (including phenoxy) is 1. The normalized spacial score (nSPS) is 18.1. The maximum atomic E-state index is 15.6. The quantitative estimate of drug-likeness (QED) is 0.0217. The number of morpholine rings is 1. The van der Waals surface area contributed by atoms with E-state index in [1.54, 1.807) is 70.7 Å². The summed E-state index contributed by atoms with van der Waals surface area (Å²) in [6.45, 7) is 12.9. The molecule has 139 heavy (non-hydrogen) atoms. The van der Waals surface area contributed by atoms with Gasteiger partial charge in [0.05, 0.1) is 66.1 Å². The van der Waals surface area contributed by atoms with Gasteiger partial charge in [0.1, 0.15) is 25.3 Å². The molecular formula is C102H98F15N17O5. The van der Waals surface area contributed by atoms with Crippen molar-refractivity contribution in [3.8, 4) is 0 Å². The fourth-order valence-electron chi connectivity index (χ4n) is 18.2. The predicted octanol–water partition coefficient (Wildman–Crippen LogP) is 22.8. The Kier molecular flexibility index (Phi) is 31.1. The highest BCUT2D eigenvalue weighted by Crippen LogP contribution is 2.46. The summed E-state index contributed by atoms with van der Waals surface area (Å²) in [6, 6.07) is 43.4. The highest BCUT2D eigenvalue weighted by molar-refractivity contribution is 5.87. The highest BCUT2D eigenvalue weighted by atomic mass is 19.4. The fraction of sp³-hybridized carbons (Fsp3) is 0.324. The molecule has 12 aromatic rings. The van der Waals surface area contributed by atoms with Crippen LogP contribution in [0.3, 0.4) is 0 Å². The standard InChI is InChI=1S/C27H27F4N5.C26H24F4N4.C25H25F3N4O3.C24H22F4N4O2/c1-17(18-10-12-32-13-11-18)20-6-9-22(15-20)35-25-24(28)26(34-16-33-25)36-14-2-3-23(36)19-4-7-21(8-5-19)27(29,30)31;1-16-11-19-5-4-17(13-20(19)12-16)14-31-24-23(27)25(33-15-32-24)34-10-2-3-22(34)18-6-8-21(9-7-18)26(28,29)30;1-25(27,28)19-8-6-18(7-9-19)20-14-35-11-10-32(20)24-22(26)23(30-15-31-24)29-13-17-4-2-16(3-5-17)12-21(33)34;25-20-21(29-12-11-15-3-5-17(6-4-15)23(33)34)30-14-31-22(20)32-13-1-2-19(32)16-7-9-18(10-8-16)24(26,27)28/h4-5,7-8,10-13,16,20,22-23H,1-3,6,9,14-15H2,(H,33,34,35);4-9,13,15,22H,1-3,10-12,14H2,(H,31,32,33);2-9,15,20H,10-14H2,1H3,(H,33,34)(H,29,30,31);3-10,14,19H,1-2,11-13H2,(H,33,34)(H,29,30,31). The van der Waals surface area contributed by atoms with Crippen molar-refractivity contribution in [1.29, 1.82) is 0 Å². The molecule has 6 aliphatic rings. The zero-order valence-electron chi connectivity index (χ0n) is 75.2. The van der Waals surface area contributed by atoms with Gasteiger partial charge in [-0.2, -0.15) is 57.1 Å². The smallest absolute Gasteiger partial charge is 0.416 e. The van der Waals surface area contributed by atoms with E-state index in [0.717, 1.165) is 123 Å². The number of aromatic carboxylic acids is 1. The Hall–Kier alpha value is -14.3. The summed E-state index contributed by atoms with van der Waals surface area (Å²) in [7, 11) is 0. The Morgan fingerprint density at radius 3 is 1.29 bits per heavy atom. The first kappa shape index (κ1) is 99.2. The Morgan fingerprint density at radius 2 is 0.842 bits per heavy atom. The summed E-state index contributed by atoms with van der Waals surface area (Å²) in [6.07, 6.45) is 4.76. The van der Waals surface area contributed by atoms with E-state index in [9.17, 15) is 57.9 Å². The predicted molar refractivity (Wildman–Crippen MR) is 496 cm³/mol. The van der Waals surface area contributed by atoms with E-state index in [2.05, 4.69) is 91.4 Å². The number of alkyl halides is 11. The van der Waals surface area contributed by atoms with Gasteiger partial charge >= 0.3 is 30.5 Å². The molecule has 4 aliphatic heterocycles. The molecular weight excluding hydrogens is 1830 g/mol. The molecule has 37 heteroatoms. The number of anilines is 8. The van der Waals surface area contributed by atoms with Crippen molar-refractivity contribution in [2.75, 3.05) is 86.8 Å². The van der Waals surface area contributed by atoms with Crippen LogP contribution in [-0.4, -0.2) is 119 Å². The number of carboxylic acid groups (broad SMARTS) is 2. The molecule has 6 unspecified atom stereocenters. The van der Waals surface area contributed by atoms with Crippen LogP contribution in [-0.2, 0) is 72.8 Å². The van der Waals surface area contributed by atoms with Gasteiger partial charge < -0.3 is 55.8 Å². The van der Waals surface area contributed by atoms with E-state index in [4.69, 9.17) is 14.9 Å². The lowest BCUT2D eigenvalue weighted by molar-refractivity contribution is -0.138. The van der Waals surface area contributed by atoms with Gasteiger partial charge in [0.2, 0.25) is 23.3 Å². The van der Waals surface area contributed by atoms with Crippen LogP contribution in [0.5, 0.6) is 0 Å². The van der Waals surface area contributed by atoms with Gasteiger partial charge in [0.25, 0.3) is 5.92 Å². The van der Waals surface area contributed by atoms with Crippen LogP contribution in [0, 0.1) is 29.2 Å². The molecule has 6 N–H and O–H groups in total. The van der Waals surface area contributed by atoms with E-state index in [1.807, 2.05) is 28.0 Å². The average Bonchev–Trinajstić information content (AvgIpc) is 1.66. The summed E-state index contributed by atoms with van der Waals surface area (Å²) in [5.41, 5.74) is 10.0. The Balaban J connectivity index is 0.000000140. The average molecular weight is 1930 g/mol. The van der Waals surface area contributed by atoms with Gasteiger partial charge in [0, 0.05) is 76.7 Å². The van der Waals surface area contributed by atoms with Crippen LogP contribution >= 0.6 is 0 Å². The number of fused-ring (bicyclic) bond motifs is 1. The van der Waals surface area contributed by atoms with Crippen molar-refractivity contribution in [2.45, 2.75) is 158 Å². The van der Waals surface area contributed by atoms with E-state index in [0.29, 0.717) is 99.4 Å². The number of hydrogen-bond acceptors (Lipinski definition) is 20. The van der Waals surface area contributed by atoms with Crippen LogP contribution in [0.1, 0.15) is 183 Å². The minimum absolute atomic E-state index is 0.0239. The second kappa shape index (κ2) is 43.6. The van der Waals surface area contributed by atoms with Crippen molar-refractivity contribution in [2.24, 2.45) is 5.92 Å². The molecule has 0 radical (unpaired) electrons. The van der Waals surface area contributed by atoms with Crippen LogP contribution in [0.15, 0.2) is 232 Å². The molecule has 0 bridgehead atoms. The summed E-state index contributed by atoms with van der Waals surface area (Å²) < 4.78 is 211. The molecule has 4 saturated heterocycles. The van der Waals surface area contributed by atoms with E-state index >= 15 is 17.6 Å². The first-order chi connectivity index (χ1) is 66.6. The number of allylic oxidation sites excluding steroid dienone is 2. The maximum Gasteiger partial charge on any atom is 0.416 e. The number of pyridine rings is 1. The largest absolute Gasteiger partial charge is 0.481 e. The van der Waals surface area contributed by atoms with Crippen molar-refractivity contribution in [3.63, 3.8) is 0 Å². The number of halogens is 15. The maximum absolute atomic E-state index is 15.6. The van der Waals surface area contributed by atoms with E-state index < -0.39 is 82.4 Å². The van der Waals surface area contributed by atoms with Gasteiger partial charge in [-0.05, 0) is 210 Å². The molecule has 0 spiro atoms. The molecule has 18 rings (SSSR count). The number of carbonyl (C=O) groups is 2. The summed E-state index contributed by atoms with van der Waals surface area (Å²) in [5.74, 6) is -6.08. The van der Waals surface area contributed by atoms with Gasteiger partial charge in [-0.3, -0.25) is 9.78 Å². The number of carboxylic acids is 2. The molecule has 6 atom stereocenters. The summed E-state index contributed by atoms with van der Waals surface area (Å²) >= 11 is 0. The topological polar surface area (TPSA) is 261 Å². The molecule has 726 valence electrons. The zero-order chi connectivity index (χ0) is 98.5. The van der Waals surface area contributed by atoms with Gasteiger partial charge in [-0.15, -0.1) is 0 Å². The minimum Gasteiger partial charge on any atom is -0.481 e.